The van der Waals surface area contributed by atoms with E-state index in [0.29, 0.717) is 12.0 Å². The Morgan fingerprint density at radius 2 is 2.38 bits per heavy atom. The Hall–Kier alpha value is -0.870. The van der Waals surface area contributed by atoms with Crippen LogP contribution >= 0.6 is 0 Å². The summed E-state index contributed by atoms with van der Waals surface area (Å²) >= 11 is 0. The molecule has 1 aromatic rings. The molecule has 0 aliphatic heterocycles. The largest absolute Gasteiger partial charge is 0.396 e. The highest BCUT2D eigenvalue weighted by Crippen LogP contribution is 2.47. The van der Waals surface area contributed by atoms with Gasteiger partial charge in [0.2, 0.25) is 0 Å². The van der Waals surface area contributed by atoms with Crippen LogP contribution in [-0.4, -0.2) is 34.4 Å². The van der Waals surface area contributed by atoms with E-state index in [2.05, 4.69) is 14.9 Å². The van der Waals surface area contributed by atoms with Crippen molar-refractivity contribution >= 4 is 0 Å². The summed E-state index contributed by atoms with van der Waals surface area (Å²) in [7, 11) is 2.02. The highest BCUT2D eigenvalue weighted by molar-refractivity contribution is 4.95. The van der Waals surface area contributed by atoms with Crippen LogP contribution in [0.2, 0.25) is 0 Å². The molecular weight excluding hydrogens is 202 g/mol. The SMILES string of the molecule is Cn1ccnc1CCNCC1(CCO)CC1. The Balaban J connectivity index is 1.64. The summed E-state index contributed by atoms with van der Waals surface area (Å²) in [6, 6.07) is 0. The Labute approximate surface area is 96.7 Å². The molecule has 1 saturated carbocycles. The Bertz CT molecular complexity index is 331. The second-order valence-corrected chi connectivity index (χ2v) is 4.85. The van der Waals surface area contributed by atoms with Gasteiger partial charge in [-0.15, -0.1) is 0 Å². The van der Waals surface area contributed by atoms with Crippen molar-refractivity contribution in [1.29, 1.82) is 0 Å². The van der Waals surface area contributed by atoms with Crippen molar-refractivity contribution in [2.75, 3.05) is 19.7 Å². The third kappa shape index (κ3) is 2.83. The number of hydrogen-bond donors (Lipinski definition) is 2. The minimum absolute atomic E-state index is 0.320. The standard InChI is InChI=1S/C12H21N3O/c1-15-8-7-14-11(15)2-6-13-10-12(3-4-12)5-9-16/h7-8,13,16H,2-6,9-10H2,1H3. The average Bonchev–Trinajstić information content (AvgIpc) is 2.91. The van der Waals surface area contributed by atoms with Gasteiger partial charge in [-0.2, -0.15) is 0 Å². The quantitative estimate of drug-likeness (QED) is 0.670. The van der Waals surface area contributed by atoms with Crippen LogP contribution in [-0.2, 0) is 13.5 Å². The van der Waals surface area contributed by atoms with Gasteiger partial charge in [0, 0.05) is 45.6 Å². The lowest BCUT2D eigenvalue weighted by molar-refractivity contribution is 0.245. The molecule has 4 heteroatoms. The van der Waals surface area contributed by atoms with Gasteiger partial charge in [0.25, 0.3) is 0 Å². The number of nitrogens with one attached hydrogen (secondary N) is 1. The monoisotopic (exact) mass is 223 g/mol. The minimum Gasteiger partial charge on any atom is -0.396 e. The van der Waals surface area contributed by atoms with Crippen molar-refractivity contribution in [2.24, 2.45) is 12.5 Å². The zero-order valence-electron chi connectivity index (χ0n) is 9.95. The molecule has 0 bridgehead atoms. The third-order valence-corrected chi connectivity index (χ3v) is 3.55. The van der Waals surface area contributed by atoms with E-state index in [1.807, 2.05) is 19.4 Å². The molecule has 4 nitrogen and oxygen atoms in total. The van der Waals surface area contributed by atoms with Gasteiger partial charge in [-0.3, -0.25) is 0 Å². The fourth-order valence-electron chi connectivity index (χ4n) is 2.12. The van der Waals surface area contributed by atoms with E-state index in [9.17, 15) is 0 Å². The van der Waals surface area contributed by atoms with E-state index < -0.39 is 0 Å². The van der Waals surface area contributed by atoms with Crippen LogP contribution in [0.4, 0.5) is 0 Å². The van der Waals surface area contributed by atoms with Gasteiger partial charge in [-0.25, -0.2) is 4.98 Å². The molecule has 16 heavy (non-hydrogen) atoms. The normalized spacial score (nSPS) is 17.6. The fourth-order valence-corrected chi connectivity index (χ4v) is 2.12. The number of aryl methyl sites for hydroxylation is 1. The van der Waals surface area contributed by atoms with Crippen molar-refractivity contribution in [3.63, 3.8) is 0 Å². The second-order valence-electron chi connectivity index (χ2n) is 4.85. The van der Waals surface area contributed by atoms with Crippen LogP contribution in [0.25, 0.3) is 0 Å². The Morgan fingerprint density at radius 1 is 1.56 bits per heavy atom. The van der Waals surface area contributed by atoms with Crippen LogP contribution in [0.15, 0.2) is 12.4 Å². The Morgan fingerprint density at radius 3 is 2.94 bits per heavy atom. The molecule has 1 fully saturated rings. The molecule has 1 aromatic heterocycles. The summed E-state index contributed by atoms with van der Waals surface area (Å²) in [4.78, 5) is 4.28. The molecule has 1 aliphatic rings. The number of aromatic nitrogens is 2. The number of aliphatic hydroxyl groups excluding tert-OH is 1. The maximum absolute atomic E-state index is 8.94. The molecule has 1 aliphatic carbocycles. The van der Waals surface area contributed by atoms with Gasteiger partial charge in [-0.1, -0.05) is 0 Å². The summed E-state index contributed by atoms with van der Waals surface area (Å²) < 4.78 is 2.06. The molecule has 2 rings (SSSR count). The molecule has 90 valence electrons. The van der Waals surface area contributed by atoms with E-state index in [0.717, 1.165) is 31.8 Å². The van der Waals surface area contributed by atoms with Crippen LogP contribution in [0, 0.1) is 5.41 Å². The van der Waals surface area contributed by atoms with E-state index in [1.54, 1.807) is 0 Å². The molecule has 1 heterocycles. The van der Waals surface area contributed by atoms with E-state index in [4.69, 9.17) is 5.11 Å². The molecule has 0 amide bonds. The predicted octanol–water partition coefficient (Wildman–Crippen LogP) is 0.715. The van der Waals surface area contributed by atoms with Crippen LogP contribution in [0.5, 0.6) is 0 Å². The number of rotatable bonds is 7. The first-order chi connectivity index (χ1) is 7.76. The summed E-state index contributed by atoms with van der Waals surface area (Å²) in [5.41, 5.74) is 0.413. The molecule has 0 spiro atoms. The van der Waals surface area contributed by atoms with Gasteiger partial charge >= 0.3 is 0 Å². The molecule has 0 atom stereocenters. The lowest BCUT2D eigenvalue weighted by Gasteiger charge is -2.14. The maximum atomic E-state index is 8.94. The smallest absolute Gasteiger partial charge is 0.109 e. The molecule has 2 N–H and O–H groups in total. The molecule has 0 aromatic carbocycles. The van der Waals surface area contributed by atoms with Gasteiger partial charge in [0.15, 0.2) is 0 Å². The number of imidazole rings is 1. The molecular formula is C12H21N3O. The first-order valence-electron chi connectivity index (χ1n) is 6.04. The zero-order valence-corrected chi connectivity index (χ0v) is 9.95. The second kappa shape index (κ2) is 4.97. The van der Waals surface area contributed by atoms with E-state index >= 15 is 0 Å². The first-order valence-corrected chi connectivity index (χ1v) is 6.04. The van der Waals surface area contributed by atoms with Crippen molar-refractivity contribution in [3.05, 3.63) is 18.2 Å². The van der Waals surface area contributed by atoms with Gasteiger partial charge in [-0.05, 0) is 24.7 Å². The highest BCUT2D eigenvalue weighted by Gasteiger charge is 2.41. The topological polar surface area (TPSA) is 50.1 Å². The van der Waals surface area contributed by atoms with Gasteiger partial charge in [0.05, 0.1) is 0 Å². The molecule has 0 saturated heterocycles. The minimum atomic E-state index is 0.320. The summed E-state index contributed by atoms with van der Waals surface area (Å²) in [5.74, 6) is 1.12. The predicted molar refractivity (Wildman–Crippen MR) is 63.2 cm³/mol. The van der Waals surface area contributed by atoms with Crippen molar-refractivity contribution in [1.82, 2.24) is 14.9 Å². The average molecular weight is 223 g/mol. The highest BCUT2D eigenvalue weighted by atomic mass is 16.3. The van der Waals surface area contributed by atoms with E-state index in [-0.39, 0.29) is 0 Å². The zero-order chi connectivity index (χ0) is 11.4. The Kier molecular flexibility index (Phi) is 3.61. The van der Waals surface area contributed by atoms with Gasteiger partial charge in [0.1, 0.15) is 5.82 Å². The van der Waals surface area contributed by atoms with Gasteiger partial charge < -0.3 is 15.0 Å². The number of nitrogens with zero attached hydrogens (tertiary/aromatic N) is 2. The summed E-state index contributed by atoms with van der Waals surface area (Å²) in [5, 5.41) is 12.4. The van der Waals surface area contributed by atoms with E-state index in [1.165, 1.54) is 12.8 Å². The number of aliphatic hydroxyl groups is 1. The third-order valence-electron chi connectivity index (χ3n) is 3.55. The van der Waals surface area contributed by atoms with Crippen LogP contribution in [0.3, 0.4) is 0 Å². The molecule has 0 unspecified atom stereocenters. The number of hydrogen-bond acceptors (Lipinski definition) is 3. The first kappa shape index (κ1) is 11.6. The van der Waals surface area contributed by atoms with Crippen molar-refractivity contribution in [3.8, 4) is 0 Å². The van der Waals surface area contributed by atoms with Crippen LogP contribution < -0.4 is 5.32 Å². The lowest BCUT2D eigenvalue weighted by Crippen LogP contribution is -2.27. The molecule has 0 radical (unpaired) electrons. The van der Waals surface area contributed by atoms with Crippen molar-refractivity contribution in [2.45, 2.75) is 25.7 Å². The van der Waals surface area contributed by atoms with Crippen LogP contribution in [0.1, 0.15) is 25.1 Å². The fraction of sp³-hybridized carbons (Fsp3) is 0.750. The summed E-state index contributed by atoms with van der Waals surface area (Å²) in [6.45, 7) is 2.33. The summed E-state index contributed by atoms with van der Waals surface area (Å²) in [6.07, 6.45) is 8.26. The van der Waals surface area contributed by atoms with Crippen molar-refractivity contribution < 1.29 is 5.11 Å². The lowest BCUT2D eigenvalue weighted by atomic mass is 10.0. The maximum Gasteiger partial charge on any atom is 0.109 e.